The first-order valence-electron chi connectivity index (χ1n) is 5.35. The van der Waals surface area contributed by atoms with Crippen LogP contribution >= 0.6 is 11.6 Å². The van der Waals surface area contributed by atoms with Crippen LogP contribution < -0.4 is 5.73 Å². The van der Waals surface area contributed by atoms with E-state index in [1.54, 1.807) is 20.3 Å². The van der Waals surface area contributed by atoms with Crippen LogP contribution in [0.15, 0.2) is 18.2 Å². The van der Waals surface area contributed by atoms with Gasteiger partial charge in [0.2, 0.25) is 0 Å². The maximum atomic E-state index is 5.89. The Morgan fingerprint density at radius 2 is 2.00 bits per heavy atom. The van der Waals surface area contributed by atoms with Crippen LogP contribution in [-0.4, -0.2) is 39.0 Å². The van der Waals surface area contributed by atoms with E-state index < -0.39 is 0 Å². The van der Waals surface area contributed by atoms with Crippen molar-refractivity contribution in [2.24, 2.45) is 0 Å². The van der Waals surface area contributed by atoms with Crippen molar-refractivity contribution in [1.29, 1.82) is 0 Å². The van der Waals surface area contributed by atoms with E-state index in [-0.39, 0.29) is 6.29 Å². The minimum atomic E-state index is -0.228. The van der Waals surface area contributed by atoms with E-state index in [1.807, 2.05) is 19.2 Å². The Morgan fingerprint density at radius 1 is 1.35 bits per heavy atom. The third-order valence-electron chi connectivity index (χ3n) is 2.53. The van der Waals surface area contributed by atoms with Crippen molar-refractivity contribution in [3.05, 3.63) is 28.8 Å². The Morgan fingerprint density at radius 3 is 2.53 bits per heavy atom. The predicted molar refractivity (Wildman–Crippen MR) is 70.0 cm³/mol. The average molecular weight is 259 g/mol. The van der Waals surface area contributed by atoms with Crippen molar-refractivity contribution >= 4 is 17.3 Å². The fourth-order valence-corrected chi connectivity index (χ4v) is 1.75. The highest BCUT2D eigenvalue weighted by atomic mass is 35.5. The summed E-state index contributed by atoms with van der Waals surface area (Å²) in [6.07, 6.45) is -0.228. The van der Waals surface area contributed by atoms with Crippen LogP contribution in [0.1, 0.15) is 5.56 Å². The zero-order valence-corrected chi connectivity index (χ0v) is 11.2. The molecule has 1 rings (SSSR count). The van der Waals surface area contributed by atoms with Gasteiger partial charge in [-0.3, -0.25) is 4.90 Å². The standard InChI is InChI=1S/C12H19ClN2O2/c1-15(8-12(16-2)17-3)7-9-4-5-10(13)6-11(9)14/h4-6,12H,7-8,14H2,1-3H3. The van der Waals surface area contributed by atoms with Crippen LogP contribution in [-0.2, 0) is 16.0 Å². The number of nitrogen functional groups attached to an aromatic ring is 1. The molecule has 5 heteroatoms. The Hall–Kier alpha value is -0.810. The zero-order valence-electron chi connectivity index (χ0n) is 10.4. The van der Waals surface area contributed by atoms with Gasteiger partial charge in [0.05, 0.1) is 0 Å². The first-order valence-corrected chi connectivity index (χ1v) is 5.72. The molecule has 1 aromatic rings. The summed E-state index contributed by atoms with van der Waals surface area (Å²) < 4.78 is 10.3. The van der Waals surface area contributed by atoms with Crippen LogP contribution in [0.2, 0.25) is 5.02 Å². The lowest BCUT2D eigenvalue weighted by molar-refractivity contribution is -0.114. The number of anilines is 1. The maximum Gasteiger partial charge on any atom is 0.169 e. The van der Waals surface area contributed by atoms with Crippen LogP contribution in [0.25, 0.3) is 0 Å². The third-order valence-corrected chi connectivity index (χ3v) is 2.77. The molecule has 0 amide bonds. The molecular weight excluding hydrogens is 240 g/mol. The van der Waals surface area contributed by atoms with Crippen molar-refractivity contribution in [2.75, 3.05) is 33.5 Å². The lowest BCUT2D eigenvalue weighted by Crippen LogP contribution is -2.31. The van der Waals surface area contributed by atoms with Gasteiger partial charge in [-0.1, -0.05) is 17.7 Å². The Kier molecular flexibility index (Phi) is 5.71. The topological polar surface area (TPSA) is 47.7 Å². The van der Waals surface area contributed by atoms with E-state index >= 15 is 0 Å². The van der Waals surface area contributed by atoms with E-state index in [4.69, 9.17) is 26.8 Å². The van der Waals surface area contributed by atoms with E-state index in [2.05, 4.69) is 4.90 Å². The molecule has 0 unspecified atom stereocenters. The van der Waals surface area contributed by atoms with Crippen LogP contribution in [0.5, 0.6) is 0 Å². The van der Waals surface area contributed by atoms with Gasteiger partial charge in [-0.05, 0) is 24.7 Å². The molecular formula is C12H19ClN2O2. The molecule has 0 fully saturated rings. The van der Waals surface area contributed by atoms with Gasteiger partial charge in [-0.25, -0.2) is 0 Å². The molecule has 0 spiro atoms. The lowest BCUT2D eigenvalue weighted by atomic mass is 10.1. The molecule has 0 aromatic heterocycles. The zero-order chi connectivity index (χ0) is 12.8. The van der Waals surface area contributed by atoms with Gasteiger partial charge in [-0.2, -0.15) is 0 Å². The van der Waals surface area contributed by atoms with E-state index in [0.717, 1.165) is 12.1 Å². The fourth-order valence-electron chi connectivity index (χ4n) is 1.56. The molecule has 0 aliphatic heterocycles. The number of methoxy groups -OCH3 is 2. The molecule has 0 aliphatic rings. The maximum absolute atomic E-state index is 5.89. The second-order valence-corrected chi connectivity index (χ2v) is 4.38. The molecule has 2 N–H and O–H groups in total. The largest absolute Gasteiger partial charge is 0.398 e. The average Bonchev–Trinajstić information content (AvgIpc) is 2.29. The SMILES string of the molecule is COC(CN(C)Cc1ccc(Cl)cc1N)OC. The molecule has 0 radical (unpaired) electrons. The van der Waals surface area contributed by atoms with Gasteiger partial charge in [0.1, 0.15) is 0 Å². The van der Waals surface area contributed by atoms with Crippen molar-refractivity contribution in [3.8, 4) is 0 Å². The number of hydrogen-bond acceptors (Lipinski definition) is 4. The number of hydrogen-bond donors (Lipinski definition) is 1. The summed E-state index contributed by atoms with van der Waals surface area (Å²) in [5, 5.41) is 0.653. The molecule has 0 aliphatic carbocycles. The summed E-state index contributed by atoms with van der Waals surface area (Å²) in [6.45, 7) is 1.40. The van der Waals surface area contributed by atoms with Gasteiger partial charge in [0.25, 0.3) is 0 Å². The number of benzene rings is 1. The van der Waals surface area contributed by atoms with Crippen LogP contribution in [0.3, 0.4) is 0 Å². The number of halogens is 1. The summed E-state index contributed by atoms with van der Waals surface area (Å²) in [5.74, 6) is 0. The summed E-state index contributed by atoms with van der Waals surface area (Å²) >= 11 is 5.85. The van der Waals surface area contributed by atoms with Crippen molar-refractivity contribution in [1.82, 2.24) is 4.90 Å². The lowest BCUT2D eigenvalue weighted by Gasteiger charge is -2.22. The molecule has 96 valence electrons. The first-order chi connectivity index (χ1) is 8.06. The summed E-state index contributed by atoms with van der Waals surface area (Å²) in [5.41, 5.74) is 7.64. The number of nitrogens with two attached hydrogens (primary N) is 1. The highest BCUT2D eigenvalue weighted by molar-refractivity contribution is 6.30. The molecule has 0 saturated heterocycles. The minimum Gasteiger partial charge on any atom is -0.398 e. The van der Waals surface area contributed by atoms with Gasteiger partial charge in [0.15, 0.2) is 6.29 Å². The van der Waals surface area contributed by atoms with Crippen molar-refractivity contribution in [3.63, 3.8) is 0 Å². The normalized spacial score (nSPS) is 11.4. The van der Waals surface area contributed by atoms with Gasteiger partial charge >= 0.3 is 0 Å². The predicted octanol–water partition coefficient (Wildman–Crippen LogP) is 1.97. The molecule has 4 nitrogen and oxygen atoms in total. The van der Waals surface area contributed by atoms with Crippen LogP contribution in [0.4, 0.5) is 5.69 Å². The monoisotopic (exact) mass is 258 g/mol. The van der Waals surface area contributed by atoms with E-state index in [1.165, 1.54) is 0 Å². The number of likely N-dealkylation sites (N-methyl/N-ethyl adjacent to an activating group) is 1. The Balaban J connectivity index is 2.58. The van der Waals surface area contributed by atoms with Gasteiger partial charge in [0, 0.05) is 38.0 Å². The molecule has 0 heterocycles. The minimum absolute atomic E-state index is 0.228. The molecule has 1 aromatic carbocycles. The Bertz CT molecular complexity index is 356. The molecule has 0 atom stereocenters. The Labute approximate surface area is 107 Å². The third kappa shape index (κ3) is 4.52. The summed E-state index contributed by atoms with van der Waals surface area (Å²) in [4.78, 5) is 2.08. The molecule has 17 heavy (non-hydrogen) atoms. The summed E-state index contributed by atoms with van der Waals surface area (Å²) in [6, 6.07) is 5.53. The quantitative estimate of drug-likeness (QED) is 0.626. The highest BCUT2D eigenvalue weighted by Crippen LogP contribution is 2.19. The van der Waals surface area contributed by atoms with Gasteiger partial charge in [-0.15, -0.1) is 0 Å². The van der Waals surface area contributed by atoms with Crippen molar-refractivity contribution in [2.45, 2.75) is 12.8 Å². The van der Waals surface area contributed by atoms with Crippen molar-refractivity contribution < 1.29 is 9.47 Å². The smallest absolute Gasteiger partial charge is 0.169 e. The fraction of sp³-hybridized carbons (Fsp3) is 0.500. The second-order valence-electron chi connectivity index (χ2n) is 3.94. The molecule has 0 bridgehead atoms. The van der Waals surface area contributed by atoms with Gasteiger partial charge < -0.3 is 15.2 Å². The number of ether oxygens (including phenoxy) is 2. The first kappa shape index (κ1) is 14.3. The second kappa shape index (κ2) is 6.81. The number of rotatable bonds is 6. The van der Waals surface area contributed by atoms with Crippen LogP contribution in [0, 0.1) is 0 Å². The summed E-state index contributed by atoms with van der Waals surface area (Å²) in [7, 11) is 5.23. The highest BCUT2D eigenvalue weighted by Gasteiger charge is 2.10. The molecule has 0 saturated carbocycles. The van der Waals surface area contributed by atoms with E-state index in [0.29, 0.717) is 17.3 Å². The number of nitrogens with zero attached hydrogens (tertiary/aromatic N) is 1. The van der Waals surface area contributed by atoms with E-state index in [9.17, 15) is 0 Å².